The normalized spacial score (nSPS) is 12.4. The number of rotatable bonds is 4. The Morgan fingerprint density at radius 1 is 1.05 bits per heavy atom. The molecule has 1 unspecified atom stereocenters. The minimum atomic E-state index is -0.260. The highest BCUT2D eigenvalue weighted by Gasteiger charge is 2.18. The summed E-state index contributed by atoms with van der Waals surface area (Å²) in [7, 11) is 0. The third-order valence-corrected chi connectivity index (χ3v) is 4.17. The zero-order valence-electron chi connectivity index (χ0n) is 11.4. The third kappa shape index (κ3) is 3.35. The average Bonchev–Trinajstić information content (AvgIpc) is 2.40. The highest BCUT2D eigenvalue weighted by Crippen LogP contribution is 2.29. The summed E-state index contributed by atoms with van der Waals surface area (Å²) >= 11 is 2.11. The molecule has 1 atom stereocenters. The van der Waals surface area contributed by atoms with Gasteiger partial charge in [-0.05, 0) is 77.0 Å². The Labute approximate surface area is 131 Å². The second kappa shape index (κ2) is 6.63. The van der Waals surface area contributed by atoms with Gasteiger partial charge in [-0.25, -0.2) is 8.78 Å². The fraction of sp³-hybridized carbons (Fsp3) is 0.250. The minimum absolute atomic E-state index is 0.136. The molecular formula is C16H16F2IN. The average molecular weight is 387 g/mol. The Bertz CT molecular complexity index is 613. The molecule has 0 amide bonds. The SMILES string of the molecule is CCNC(c1cc(F)ccc1C)c1ccc(F)cc1I. The van der Waals surface area contributed by atoms with Crippen molar-refractivity contribution in [1.82, 2.24) is 5.32 Å². The molecular weight excluding hydrogens is 371 g/mol. The molecule has 0 aromatic heterocycles. The van der Waals surface area contributed by atoms with Crippen LogP contribution < -0.4 is 5.32 Å². The zero-order valence-corrected chi connectivity index (χ0v) is 13.5. The molecule has 1 N–H and O–H groups in total. The quantitative estimate of drug-likeness (QED) is 0.758. The van der Waals surface area contributed by atoms with Crippen molar-refractivity contribution >= 4 is 22.6 Å². The van der Waals surface area contributed by atoms with Crippen LogP contribution in [0.1, 0.15) is 29.7 Å². The van der Waals surface area contributed by atoms with Crippen LogP contribution in [0.3, 0.4) is 0 Å². The lowest BCUT2D eigenvalue weighted by molar-refractivity contribution is 0.594. The largest absolute Gasteiger partial charge is 0.306 e. The lowest BCUT2D eigenvalue weighted by Crippen LogP contribution is -2.23. The standard InChI is InChI=1S/C16H16F2IN/c1-3-20-16(13-7-6-12(18)9-15(13)19)14-8-11(17)5-4-10(14)2/h4-9,16,20H,3H2,1-2H3. The van der Waals surface area contributed by atoms with E-state index in [9.17, 15) is 8.78 Å². The van der Waals surface area contributed by atoms with Crippen LogP contribution >= 0.6 is 22.6 Å². The highest BCUT2D eigenvalue weighted by atomic mass is 127. The van der Waals surface area contributed by atoms with E-state index in [1.54, 1.807) is 18.2 Å². The molecule has 0 fully saturated rings. The number of hydrogen-bond acceptors (Lipinski definition) is 1. The van der Waals surface area contributed by atoms with Crippen LogP contribution in [0.4, 0.5) is 8.78 Å². The van der Waals surface area contributed by atoms with Crippen LogP contribution in [0.5, 0.6) is 0 Å². The summed E-state index contributed by atoms with van der Waals surface area (Å²) in [6.45, 7) is 4.70. The van der Waals surface area contributed by atoms with Crippen LogP contribution in [-0.2, 0) is 0 Å². The molecule has 20 heavy (non-hydrogen) atoms. The van der Waals surface area contributed by atoms with Crippen molar-refractivity contribution in [2.24, 2.45) is 0 Å². The predicted octanol–water partition coefficient (Wildman–Crippen LogP) is 4.58. The van der Waals surface area contributed by atoms with Crippen molar-refractivity contribution in [3.05, 3.63) is 68.3 Å². The van der Waals surface area contributed by atoms with Gasteiger partial charge in [-0.1, -0.05) is 19.1 Å². The number of nitrogens with one attached hydrogen (secondary N) is 1. The van der Waals surface area contributed by atoms with Crippen molar-refractivity contribution in [2.45, 2.75) is 19.9 Å². The van der Waals surface area contributed by atoms with E-state index in [1.165, 1.54) is 18.2 Å². The maximum absolute atomic E-state index is 13.5. The van der Waals surface area contributed by atoms with Gasteiger partial charge >= 0.3 is 0 Å². The first-order chi connectivity index (χ1) is 9.52. The predicted molar refractivity (Wildman–Crippen MR) is 85.8 cm³/mol. The Kier molecular flexibility index (Phi) is 5.10. The highest BCUT2D eigenvalue weighted by molar-refractivity contribution is 14.1. The molecule has 2 rings (SSSR count). The van der Waals surface area contributed by atoms with Crippen molar-refractivity contribution in [3.63, 3.8) is 0 Å². The number of hydrogen-bond donors (Lipinski definition) is 1. The van der Waals surface area contributed by atoms with E-state index in [1.807, 2.05) is 13.8 Å². The molecule has 4 heteroatoms. The van der Waals surface area contributed by atoms with Gasteiger partial charge < -0.3 is 5.32 Å². The Hall–Kier alpha value is -1.01. The third-order valence-electron chi connectivity index (χ3n) is 3.23. The second-order valence-electron chi connectivity index (χ2n) is 4.66. The van der Waals surface area contributed by atoms with Gasteiger partial charge in [-0.2, -0.15) is 0 Å². The van der Waals surface area contributed by atoms with Gasteiger partial charge in [0, 0.05) is 3.57 Å². The van der Waals surface area contributed by atoms with Crippen LogP contribution in [0, 0.1) is 22.1 Å². The second-order valence-corrected chi connectivity index (χ2v) is 5.82. The molecule has 0 radical (unpaired) electrons. The van der Waals surface area contributed by atoms with Crippen molar-refractivity contribution in [1.29, 1.82) is 0 Å². The van der Waals surface area contributed by atoms with E-state index in [-0.39, 0.29) is 17.7 Å². The zero-order chi connectivity index (χ0) is 14.7. The molecule has 2 aromatic carbocycles. The van der Waals surface area contributed by atoms with E-state index in [2.05, 4.69) is 27.9 Å². The molecule has 0 aliphatic rings. The first kappa shape index (κ1) is 15.4. The fourth-order valence-electron chi connectivity index (χ4n) is 2.25. The van der Waals surface area contributed by atoms with E-state index in [4.69, 9.17) is 0 Å². The lowest BCUT2D eigenvalue weighted by atomic mass is 9.95. The van der Waals surface area contributed by atoms with E-state index >= 15 is 0 Å². The van der Waals surface area contributed by atoms with Crippen LogP contribution in [0.15, 0.2) is 36.4 Å². The maximum atomic E-state index is 13.5. The Morgan fingerprint density at radius 3 is 2.35 bits per heavy atom. The summed E-state index contributed by atoms with van der Waals surface area (Å²) in [5.74, 6) is -0.519. The monoisotopic (exact) mass is 387 g/mol. The molecule has 0 aliphatic carbocycles. The van der Waals surface area contributed by atoms with Crippen LogP contribution in [0.25, 0.3) is 0 Å². The summed E-state index contributed by atoms with van der Waals surface area (Å²) in [5.41, 5.74) is 2.86. The molecule has 0 saturated heterocycles. The number of aryl methyl sites for hydroxylation is 1. The number of benzene rings is 2. The van der Waals surface area contributed by atoms with E-state index < -0.39 is 0 Å². The molecule has 0 heterocycles. The van der Waals surface area contributed by atoms with Crippen molar-refractivity contribution < 1.29 is 8.78 Å². The first-order valence-electron chi connectivity index (χ1n) is 6.47. The molecule has 0 saturated carbocycles. The molecule has 2 aromatic rings. The smallest absolute Gasteiger partial charge is 0.124 e. The van der Waals surface area contributed by atoms with Crippen LogP contribution in [-0.4, -0.2) is 6.54 Å². The van der Waals surface area contributed by atoms with Crippen molar-refractivity contribution in [2.75, 3.05) is 6.54 Å². The van der Waals surface area contributed by atoms with Gasteiger partial charge in [0.15, 0.2) is 0 Å². The first-order valence-corrected chi connectivity index (χ1v) is 7.55. The van der Waals surface area contributed by atoms with Crippen molar-refractivity contribution in [3.8, 4) is 0 Å². The summed E-state index contributed by atoms with van der Waals surface area (Å²) < 4.78 is 27.6. The fourth-order valence-corrected chi connectivity index (χ4v) is 3.04. The van der Waals surface area contributed by atoms with Crippen LogP contribution in [0.2, 0.25) is 0 Å². The molecule has 0 spiro atoms. The van der Waals surface area contributed by atoms with E-state index in [0.29, 0.717) is 0 Å². The summed E-state index contributed by atoms with van der Waals surface area (Å²) in [4.78, 5) is 0. The lowest BCUT2D eigenvalue weighted by Gasteiger charge is -2.22. The topological polar surface area (TPSA) is 12.0 Å². The Morgan fingerprint density at radius 2 is 1.70 bits per heavy atom. The summed E-state index contributed by atoms with van der Waals surface area (Å²) in [6.07, 6.45) is 0. The summed E-state index contributed by atoms with van der Waals surface area (Å²) in [6, 6.07) is 9.33. The van der Waals surface area contributed by atoms with Gasteiger partial charge in [0.25, 0.3) is 0 Å². The number of halogens is 3. The van der Waals surface area contributed by atoms with Gasteiger partial charge in [0.05, 0.1) is 6.04 Å². The Balaban J connectivity index is 2.53. The van der Waals surface area contributed by atoms with Gasteiger partial charge in [0.1, 0.15) is 11.6 Å². The maximum Gasteiger partial charge on any atom is 0.124 e. The van der Waals surface area contributed by atoms with Gasteiger partial charge in [-0.3, -0.25) is 0 Å². The molecule has 1 nitrogen and oxygen atoms in total. The molecule has 0 aliphatic heterocycles. The van der Waals surface area contributed by atoms with E-state index in [0.717, 1.165) is 26.8 Å². The molecule has 0 bridgehead atoms. The summed E-state index contributed by atoms with van der Waals surface area (Å²) in [5, 5.41) is 3.35. The minimum Gasteiger partial charge on any atom is -0.306 e. The van der Waals surface area contributed by atoms with Gasteiger partial charge in [-0.15, -0.1) is 0 Å². The molecule has 106 valence electrons. The van der Waals surface area contributed by atoms with Gasteiger partial charge in [0.2, 0.25) is 0 Å².